The SMILES string of the molecule is Cc1noc(C)c1CNC(=O)N1CCC2(CN(C)C(=O)CO2)C1. The molecule has 2 fully saturated rings. The van der Waals surface area contributed by atoms with Gasteiger partial charge in [-0.2, -0.15) is 0 Å². The van der Waals surface area contributed by atoms with Crippen LogP contribution in [0.3, 0.4) is 0 Å². The average molecular weight is 322 g/mol. The molecule has 126 valence electrons. The number of rotatable bonds is 2. The topological polar surface area (TPSA) is 87.9 Å². The van der Waals surface area contributed by atoms with Crippen LogP contribution >= 0.6 is 0 Å². The predicted molar refractivity (Wildman–Crippen MR) is 80.7 cm³/mol. The van der Waals surface area contributed by atoms with Crippen molar-refractivity contribution < 1.29 is 18.8 Å². The maximum absolute atomic E-state index is 12.4. The lowest BCUT2D eigenvalue weighted by Crippen LogP contribution is -2.55. The molecule has 8 heteroatoms. The third-order valence-electron chi connectivity index (χ3n) is 4.65. The molecule has 0 radical (unpaired) electrons. The highest BCUT2D eigenvalue weighted by molar-refractivity contribution is 5.78. The minimum Gasteiger partial charge on any atom is -0.361 e. The van der Waals surface area contributed by atoms with Crippen molar-refractivity contribution >= 4 is 11.9 Å². The number of amides is 3. The summed E-state index contributed by atoms with van der Waals surface area (Å²) in [6, 6.07) is -0.134. The molecule has 0 bridgehead atoms. The Bertz CT molecular complexity index is 609. The van der Waals surface area contributed by atoms with Crippen LogP contribution in [0.2, 0.25) is 0 Å². The van der Waals surface area contributed by atoms with E-state index in [1.165, 1.54) is 0 Å². The van der Waals surface area contributed by atoms with E-state index in [0.717, 1.165) is 23.4 Å². The summed E-state index contributed by atoms with van der Waals surface area (Å²) in [5.41, 5.74) is 1.27. The maximum atomic E-state index is 12.4. The highest BCUT2D eigenvalue weighted by Crippen LogP contribution is 2.29. The van der Waals surface area contributed by atoms with Gasteiger partial charge in [0.05, 0.1) is 18.8 Å². The van der Waals surface area contributed by atoms with E-state index in [-0.39, 0.29) is 18.5 Å². The van der Waals surface area contributed by atoms with Crippen molar-refractivity contribution in [2.45, 2.75) is 32.4 Å². The molecule has 3 amide bonds. The number of urea groups is 1. The van der Waals surface area contributed by atoms with E-state index in [0.29, 0.717) is 26.2 Å². The molecule has 2 aliphatic rings. The standard InChI is InChI=1S/C15H22N4O4/c1-10-12(11(2)23-17-10)6-16-14(21)19-5-4-15(9-19)8-18(3)13(20)7-22-15/h4-9H2,1-3H3,(H,16,21). The Morgan fingerprint density at radius 2 is 2.17 bits per heavy atom. The number of nitrogens with one attached hydrogen (secondary N) is 1. The van der Waals surface area contributed by atoms with E-state index in [4.69, 9.17) is 9.26 Å². The molecule has 1 aromatic heterocycles. The number of hydrogen-bond donors (Lipinski definition) is 1. The molecule has 0 aromatic carbocycles. The molecule has 1 unspecified atom stereocenters. The van der Waals surface area contributed by atoms with Crippen LogP contribution in [0.4, 0.5) is 4.79 Å². The highest BCUT2D eigenvalue weighted by Gasteiger charge is 2.45. The summed E-state index contributed by atoms with van der Waals surface area (Å²) in [4.78, 5) is 27.3. The van der Waals surface area contributed by atoms with E-state index < -0.39 is 5.60 Å². The Balaban J connectivity index is 1.56. The minimum atomic E-state index is -0.428. The molecule has 3 heterocycles. The number of hydrogen-bond acceptors (Lipinski definition) is 5. The normalized spacial score (nSPS) is 24.6. The molecule has 1 aromatic rings. The number of aryl methyl sites for hydroxylation is 2. The van der Waals surface area contributed by atoms with Crippen LogP contribution in [0.5, 0.6) is 0 Å². The summed E-state index contributed by atoms with van der Waals surface area (Å²) in [5.74, 6) is 0.702. The van der Waals surface area contributed by atoms with E-state index >= 15 is 0 Å². The summed E-state index contributed by atoms with van der Waals surface area (Å²) in [7, 11) is 1.77. The van der Waals surface area contributed by atoms with Gasteiger partial charge in [-0.15, -0.1) is 0 Å². The molecule has 3 rings (SSSR count). The van der Waals surface area contributed by atoms with Gasteiger partial charge in [-0.25, -0.2) is 4.79 Å². The fourth-order valence-corrected chi connectivity index (χ4v) is 3.19. The molecule has 2 saturated heterocycles. The van der Waals surface area contributed by atoms with Gasteiger partial charge in [-0.1, -0.05) is 5.16 Å². The lowest BCUT2D eigenvalue weighted by atomic mass is 10.0. The third-order valence-corrected chi connectivity index (χ3v) is 4.65. The van der Waals surface area contributed by atoms with Gasteiger partial charge >= 0.3 is 6.03 Å². The van der Waals surface area contributed by atoms with Gasteiger partial charge in [-0.3, -0.25) is 4.79 Å². The first-order valence-corrected chi connectivity index (χ1v) is 7.73. The second-order valence-electron chi connectivity index (χ2n) is 6.35. The van der Waals surface area contributed by atoms with Crippen LogP contribution in [0, 0.1) is 13.8 Å². The average Bonchev–Trinajstić information content (AvgIpc) is 3.06. The van der Waals surface area contributed by atoms with Gasteiger partial charge in [0.25, 0.3) is 0 Å². The Morgan fingerprint density at radius 1 is 1.39 bits per heavy atom. The quantitative estimate of drug-likeness (QED) is 0.853. The smallest absolute Gasteiger partial charge is 0.317 e. The molecule has 1 spiro atoms. The lowest BCUT2D eigenvalue weighted by molar-refractivity contribution is -0.158. The zero-order valence-electron chi connectivity index (χ0n) is 13.7. The first-order chi connectivity index (χ1) is 10.9. The molecule has 2 aliphatic heterocycles. The Labute approximate surface area is 134 Å². The van der Waals surface area contributed by atoms with Crippen molar-refractivity contribution in [3.8, 4) is 0 Å². The number of likely N-dealkylation sites (tertiary alicyclic amines) is 1. The van der Waals surface area contributed by atoms with Gasteiger partial charge < -0.3 is 24.4 Å². The zero-order valence-corrected chi connectivity index (χ0v) is 13.7. The summed E-state index contributed by atoms with van der Waals surface area (Å²) in [6.07, 6.45) is 0.739. The summed E-state index contributed by atoms with van der Waals surface area (Å²) in [6.45, 7) is 5.81. The molecule has 0 aliphatic carbocycles. The van der Waals surface area contributed by atoms with Crippen molar-refractivity contribution in [1.82, 2.24) is 20.3 Å². The van der Waals surface area contributed by atoms with Gasteiger partial charge in [0, 0.05) is 25.7 Å². The molecular formula is C15H22N4O4. The Morgan fingerprint density at radius 3 is 2.83 bits per heavy atom. The molecular weight excluding hydrogens is 300 g/mol. The van der Waals surface area contributed by atoms with E-state index in [9.17, 15) is 9.59 Å². The molecule has 1 N–H and O–H groups in total. The van der Waals surface area contributed by atoms with Crippen molar-refractivity contribution in [1.29, 1.82) is 0 Å². The Hall–Kier alpha value is -2.09. The number of ether oxygens (including phenoxy) is 1. The second kappa shape index (κ2) is 5.84. The maximum Gasteiger partial charge on any atom is 0.317 e. The van der Waals surface area contributed by atoms with E-state index in [1.807, 2.05) is 13.8 Å². The molecule has 1 atom stereocenters. The summed E-state index contributed by atoms with van der Waals surface area (Å²) >= 11 is 0. The van der Waals surface area contributed by atoms with Crippen molar-refractivity contribution in [2.24, 2.45) is 0 Å². The fraction of sp³-hybridized carbons (Fsp3) is 0.667. The van der Waals surface area contributed by atoms with Crippen molar-refractivity contribution in [3.63, 3.8) is 0 Å². The largest absolute Gasteiger partial charge is 0.361 e. The van der Waals surface area contributed by atoms with Crippen LogP contribution in [0.25, 0.3) is 0 Å². The summed E-state index contributed by atoms with van der Waals surface area (Å²) in [5, 5.41) is 6.78. The third kappa shape index (κ3) is 3.03. The Kier molecular flexibility index (Phi) is 4.01. The van der Waals surface area contributed by atoms with Gasteiger partial charge in [0.2, 0.25) is 5.91 Å². The number of carbonyl (C=O) groups is 2. The molecule has 23 heavy (non-hydrogen) atoms. The van der Waals surface area contributed by atoms with Crippen LogP contribution < -0.4 is 5.32 Å². The number of nitrogens with zero attached hydrogens (tertiary/aromatic N) is 3. The molecule has 8 nitrogen and oxygen atoms in total. The van der Waals surface area contributed by atoms with Crippen molar-refractivity contribution in [2.75, 3.05) is 33.3 Å². The number of aromatic nitrogens is 1. The molecule has 0 saturated carbocycles. The van der Waals surface area contributed by atoms with E-state index in [1.54, 1.807) is 16.8 Å². The van der Waals surface area contributed by atoms with Gasteiger partial charge in [0.1, 0.15) is 18.0 Å². The number of morpholine rings is 1. The lowest BCUT2D eigenvalue weighted by Gasteiger charge is -2.38. The van der Waals surface area contributed by atoms with Crippen molar-refractivity contribution in [3.05, 3.63) is 17.0 Å². The summed E-state index contributed by atoms with van der Waals surface area (Å²) < 4.78 is 10.8. The fourth-order valence-electron chi connectivity index (χ4n) is 3.19. The van der Waals surface area contributed by atoms with Gasteiger partial charge in [0.15, 0.2) is 0 Å². The van der Waals surface area contributed by atoms with Crippen LogP contribution in [-0.4, -0.2) is 65.8 Å². The van der Waals surface area contributed by atoms with Crippen LogP contribution in [0.15, 0.2) is 4.52 Å². The minimum absolute atomic E-state index is 0.0167. The van der Waals surface area contributed by atoms with Crippen LogP contribution in [0.1, 0.15) is 23.4 Å². The highest BCUT2D eigenvalue weighted by atomic mass is 16.5. The van der Waals surface area contributed by atoms with Gasteiger partial charge in [-0.05, 0) is 20.3 Å². The monoisotopic (exact) mass is 322 g/mol. The first-order valence-electron chi connectivity index (χ1n) is 7.73. The zero-order chi connectivity index (χ0) is 16.6. The van der Waals surface area contributed by atoms with Crippen LogP contribution in [-0.2, 0) is 16.1 Å². The first kappa shape index (κ1) is 15.8. The van der Waals surface area contributed by atoms with E-state index in [2.05, 4.69) is 10.5 Å². The second-order valence-corrected chi connectivity index (χ2v) is 6.35. The number of carbonyl (C=O) groups excluding carboxylic acids is 2. The number of likely N-dealkylation sites (N-methyl/N-ethyl adjacent to an activating group) is 1. The predicted octanol–water partition coefficient (Wildman–Crippen LogP) is 0.434.